The second-order valence-corrected chi connectivity index (χ2v) is 8.70. The lowest BCUT2D eigenvalue weighted by Crippen LogP contribution is -2.39. The fourth-order valence-electron chi connectivity index (χ4n) is 3.73. The zero-order valence-corrected chi connectivity index (χ0v) is 18.6. The predicted molar refractivity (Wildman–Crippen MR) is 121 cm³/mol. The van der Waals surface area contributed by atoms with Gasteiger partial charge in [0, 0.05) is 43.9 Å². The van der Waals surface area contributed by atoms with E-state index in [1.165, 1.54) is 23.5 Å². The number of nitrogens with zero attached hydrogens (tertiary/aromatic N) is 6. The first kappa shape index (κ1) is 22.2. The number of piperidine rings is 1. The molecule has 0 unspecified atom stereocenters. The highest BCUT2D eigenvalue weighted by molar-refractivity contribution is 7.17. The lowest BCUT2D eigenvalue weighted by molar-refractivity contribution is -0.139. The van der Waals surface area contributed by atoms with Crippen molar-refractivity contribution in [3.8, 4) is 27.0 Å². The average Bonchev–Trinajstić information content (AvgIpc) is 3.35. The van der Waals surface area contributed by atoms with Gasteiger partial charge >= 0.3 is 6.18 Å². The van der Waals surface area contributed by atoms with Crippen LogP contribution in [0.2, 0.25) is 0 Å². The van der Waals surface area contributed by atoms with Crippen LogP contribution in [0.15, 0.2) is 60.9 Å². The van der Waals surface area contributed by atoms with E-state index in [2.05, 4.69) is 30.3 Å². The number of para-hydroxylation sites is 1. The van der Waals surface area contributed by atoms with E-state index in [-0.39, 0.29) is 11.9 Å². The van der Waals surface area contributed by atoms with Gasteiger partial charge in [0.2, 0.25) is 0 Å². The van der Waals surface area contributed by atoms with E-state index < -0.39 is 11.7 Å². The highest BCUT2D eigenvalue weighted by Crippen LogP contribution is 2.37. The van der Waals surface area contributed by atoms with Crippen molar-refractivity contribution in [1.29, 1.82) is 0 Å². The molecule has 4 heterocycles. The molecular weight excluding hydrogens is 465 g/mol. The molecule has 174 valence electrons. The SMILES string of the molecule is FC(F)(F)c1ccccc1OC1CCN(c2ccc(-c3nnc(-c4ccncc4)s3)nn2)CC1. The Morgan fingerprint density at radius 3 is 2.29 bits per heavy atom. The van der Waals surface area contributed by atoms with Crippen LogP contribution in [-0.2, 0) is 6.18 Å². The third-order valence-corrected chi connectivity index (χ3v) is 6.47. The normalized spacial score (nSPS) is 14.9. The van der Waals surface area contributed by atoms with E-state index >= 15 is 0 Å². The number of ether oxygens (including phenoxy) is 1. The number of aromatic nitrogens is 5. The monoisotopic (exact) mass is 484 g/mol. The molecule has 7 nitrogen and oxygen atoms in total. The zero-order valence-electron chi connectivity index (χ0n) is 17.8. The van der Waals surface area contributed by atoms with Crippen LogP contribution in [0.3, 0.4) is 0 Å². The largest absolute Gasteiger partial charge is 0.490 e. The van der Waals surface area contributed by atoms with E-state index in [1.54, 1.807) is 18.5 Å². The molecule has 0 radical (unpaired) electrons. The second kappa shape index (κ2) is 9.34. The lowest BCUT2D eigenvalue weighted by Gasteiger charge is -2.33. The molecular formula is C23H19F3N6OS. The summed E-state index contributed by atoms with van der Waals surface area (Å²) in [6, 6.07) is 12.8. The number of hydrogen-bond donors (Lipinski definition) is 0. The minimum atomic E-state index is -4.44. The molecule has 1 aliphatic heterocycles. The summed E-state index contributed by atoms with van der Waals surface area (Å²) in [5.41, 5.74) is 0.817. The van der Waals surface area contributed by atoms with Crippen molar-refractivity contribution in [3.05, 3.63) is 66.5 Å². The third-order valence-electron chi connectivity index (χ3n) is 5.47. The third kappa shape index (κ3) is 4.84. The van der Waals surface area contributed by atoms with Gasteiger partial charge in [-0.1, -0.05) is 23.5 Å². The van der Waals surface area contributed by atoms with Crippen LogP contribution in [0.5, 0.6) is 5.75 Å². The molecule has 34 heavy (non-hydrogen) atoms. The average molecular weight is 485 g/mol. The van der Waals surface area contributed by atoms with Crippen LogP contribution in [0.4, 0.5) is 19.0 Å². The molecule has 1 aromatic carbocycles. The fraction of sp³-hybridized carbons (Fsp3) is 0.261. The predicted octanol–water partition coefficient (Wildman–Crippen LogP) is 5.12. The van der Waals surface area contributed by atoms with Gasteiger partial charge in [0.25, 0.3) is 0 Å². The van der Waals surface area contributed by atoms with Crippen LogP contribution >= 0.6 is 11.3 Å². The van der Waals surface area contributed by atoms with E-state index in [9.17, 15) is 13.2 Å². The molecule has 5 rings (SSSR count). The Bertz CT molecular complexity index is 1240. The van der Waals surface area contributed by atoms with Crippen molar-refractivity contribution in [3.63, 3.8) is 0 Å². The summed E-state index contributed by atoms with van der Waals surface area (Å²) in [6.07, 6.45) is -0.161. The van der Waals surface area contributed by atoms with Crippen molar-refractivity contribution in [1.82, 2.24) is 25.4 Å². The van der Waals surface area contributed by atoms with Crippen LogP contribution in [0.1, 0.15) is 18.4 Å². The standard InChI is InChI=1S/C23H19F3N6OS/c24-23(25,26)17-3-1-2-4-19(17)33-16-9-13-32(14-10-16)20-6-5-18(28-29-20)22-31-30-21(34-22)15-7-11-27-12-8-15/h1-8,11-12,16H,9-10,13-14H2. The molecule has 0 aliphatic carbocycles. The molecule has 0 spiro atoms. The van der Waals surface area contributed by atoms with Crippen LogP contribution in [0.25, 0.3) is 21.3 Å². The number of hydrogen-bond acceptors (Lipinski definition) is 8. The summed E-state index contributed by atoms with van der Waals surface area (Å²) in [4.78, 5) is 6.06. The quantitative estimate of drug-likeness (QED) is 0.389. The Morgan fingerprint density at radius 1 is 0.853 bits per heavy atom. The molecule has 1 fully saturated rings. The molecule has 0 bridgehead atoms. The Hall–Kier alpha value is -3.60. The Morgan fingerprint density at radius 2 is 1.59 bits per heavy atom. The summed E-state index contributed by atoms with van der Waals surface area (Å²) in [7, 11) is 0. The molecule has 3 aromatic heterocycles. The number of alkyl halides is 3. The van der Waals surface area contributed by atoms with Gasteiger partial charge in [-0.2, -0.15) is 13.2 Å². The molecule has 1 aliphatic rings. The first-order valence-corrected chi connectivity index (χ1v) is 11.4. The summed E-state index contributed by atoms with van der Waals surface area (Å²) in [6.45, 7) is 1.22. The van der Waals surface area contributed by atoms with Gasteiger partial charge < -0.3 is 9.64 Å². The van der Waals surface area contributed by atoms with Crippen molar-refractivity contribution < 1.29 is 17.9 Å². The maximum absolute atomic E-state index is 13.2. The van der Waals surface area contributed by atoms with E-state index in [4.69, 9.17) is 4.74 Å². The van der Waals surface area contributed by atoms with Crippen molar-refractivity contribution in [2.75, 3.05) is 18.0 Å². The minimum absolute atomic E-state index is 0.124. The maximum Gasteiger partial charge on any atom is 0.419 e. The van der Waals surface area contributed by atoms with E-state index in [1.807, 2.05) is 24.3 Å². The first-order chi connectivity index (χ1) is 16.5. The Labute approximate surface area is 197 Å². The van der Waals surface area contributed by atoms with Gasteiger partial charge in [0.1, 0.15) is 22.6 Å². The van der Waals surface area contributed by atoms with Crippen molar-refractivity contribution >= 4 is 17.2 Å². The van der Waals surface area contributed by atoms with Gasteiger partial charge in [-0.25, -0.2) is 0 Å². The fourth-order valence-corrected chi connectivity index (χ4v) is 4.55. The topological polar surface area (TPSA) is 76.9 Å². The molecule has 11 heteroatoms. The minimum Gasteiger partial charge on any atom is -0.490 e. The first-order valence-electron chi connectivity index (χ1n) is 10.6. The summed E-state index contributed by atoms with van der Waals surface area (Å²) < 4.78 is 45.4. The van der Waals surface area contributed by atoms with Gasteiger partial charge in [-0.15, -0.1) is 20.4 Å². The van der Waals surface area contributed by atoms with Crippen LogP contribution in [0, 0.1) is 0 Å². The molecule has 0 N–H and O–H groups in total. The molecule has 4 aromatic rings. The Kier molecular flexibility index (Phi) is 6.10. The molecule has 0 atom stereocenters. The van der Waals surface area contributed by atoms with E-state index in [0.717, 1.165) is 16.6 Å². The summed E-state index contributed by atoms with van der Waals surface area (Å²) >= 11 is 1.42. The highest BCUT2D eigenvalue weighted by atomic mass is 32.1. The number of rotatable bonds is 5. The highest BCUT2D eigenvalue weighted by Gasteiger charge is 2.35. The molecule has 1 saturated heterocycles. The molecule has 0 amide bonds. The van der Waals surface area contributed by atoms with Crippen LogP contribution < -0.4 is 9.64 Å². The van der Waals surface area contributed by atoms with Gasteiger partial charge in [0.15, 0.2) is 10.8 Å². The van der Waals surface area contributed by atoms with E-state index in [0.29, 0.717) is 42.5 Å². The number of pyridine rings is 1. The van der Waals surface area contributed by atoms with Gasteiger partial charge in [0.05, 0.1) is 5.56 Å². The van der Waals surface area contributed by atoms with Crippen LogP contribution in [-0.4, -0.2) is 44.6 Å². The van der Waals surface area contributed by atoms with Gasteiger partial charge in [-0.05, 0) is 36.4 Å². The lowest BCUT2D eigenvalue weighted by atomic mass is 10.1. The van der Waals surface area contributed by atoms with Crippen molar-refractivity contribution in [2.45, 2.75) is 25.1 Å². The Balaban J connectivity index is 1.21. The summed E-state index contributed by atoms with van der Waals surface area (Å²) in [5.74, 6) is 0.581. The molecule has 0 saturated carbocycles. The number of halogens is 3. The smallest absolute Gasteiger partial charge is 0.419 e. The summed E-state index contributed by atoms with van der Waals surface area (Å²) in [5, 5.41) is 18.5. The van der Waals surface area contributed by atoms with Crippen molar-refractivity contribution in [2.24, 2.45) is 0 Å². The number of anilines is 1. The maximum atomic E-state index is 13.2. The van der Waals surface area contributed by atoms with Gasteiger partial charge in [-0.3, -0.25) is 4.98 Å². The second-order valence-electron chi connectivity index (χ2n) is 7.72. The number of benzene rings is 1. The zero-order chi connectivity index (χ0) is 23.5.